The number of hydrogen-bond acceptors (Lipinski definition) is 17. The molecule has 4 aliphatic carbocycles. The standard InChI is InChI=1S/C41H52N4O7S2.C32H40N2O5S.C9H14N2O3S/c1-5-30-25-41(30,37(48)44-54(50,51)32-22-23-32)43-35(46)34-26-40(31-20-18-29(19-21-31)28-15-11-10-12-16-28)27-45(34)36(47)33(42-38(49)52-39(2,3)4)17-13-8-6-7-9-14-24-53-40;1-31(2,3)39-30(38)33-26-15-11-6-4-5-7-12-20-40-32(21-27(29(36)37)34(22-32)28(26)35)25-18-16-24(17-19-25)23-13-9-8-10-14-23;1-2-6-5-9(6,10)8(12)11-15(13,14)7-3-4-7/h5,9-12,14-16,18-21,30,32-34H,1,6-8,13,17,22-27H2,2-4H3,(H,42,49)(H,43,46)(H,44,48);7-10,12-14,16-19,26-27H,4-6,11,15,20-22H2,1-3H3,(H,33,38)(H,36,37);2,6-7H,1,3-5,10H2,(H,11,12)/b14-9+;12-7+;/t30-,33+,34+,40+,41-;26-,27-,32-;6-,9-/m101/s1. The van der Waals surface area contributed by atoms with Gasteiger partial charge in [0.1, 0.15) is 46.4 Å². The molecule has 588 valence electrons. The fourth-order valence-corrected chi connectivity index (χ4v) is 19.8. The number of nitrogens with two attached hydrogens (primary N) is 1. The highest BCUT2D eigenvalue weighted by atomic mass is 32.2. The molecule has 10 atom stereocenters. The van der Waals surface area contributed by atoms with Crippen LogP contribution in [0.5, 0.6) is 0 Å². The third-order valence-corrected chi connectivity index (χ3v) is 27.5. The van der Waals surface area contributed by atoms with Gasteiger partial charge in [-0.1, -0.05) is 171 Å². The molecule has 4 saturated carbocycles. The minimum absolute atomic E-state index is 0.105. The molecule has 8 aliphatic rings. The molecule has 6 fully saturated rings. The van der Waals surface area contributed by atoms with Crippen LogP contribution in [0.4, 0.5) is 9.59 Å². The van der Waals surface area contributed by atoms with Crippen LogP contribution in [-0.2, 0) is 67.8 Å². The number of ether oxygens (including phenoxy) is 2. The summed E-state index contributed by atoms with van der Waals surface area (Å²) in [7, 11) is -7.36. The van der Waals surface area contributed by atoms with Crippen LogP contribution in [0, 0.1) is 11.8 Å². The van der Waals surface area contributed by atoms with Gasteiger partial charge >= 0.3 is 18.2 Å². The third kappa shape index (κ3) is 21.5. The minimum atomic E-state index is -3.88. The summed E-state index contributed by atoms with van der Waals surface area (Å²) in [5.41, 5.74) is 7.87. The predicted molar refractivity (Wildman–Crippen MR) is 425 cm³/mol. The molecule has 4 aromatic carbocycles. The normalized spacial score (nSPS) is 28.0. The molecule has 7 amide bonds. The molecule has 0 aromatic heterocycles. The maximum atomic E-state index is 14.8. The van der Waals surface area contributed by atoms with Crippen molar-refractivity contribution in [2.75, 3.05) is 24.6 Å². The maximum absolute atomic E-state index is 14.8. The molecule has 4 bridgehead atoms. The van der Waals surface area contributed by atoms with E-state index in [2.05, 4.69) is 94.5 Å². The number of sulfonamides is 2. The average Bonchev–Trinajstić information content (AvgIpc) is 1.39. The molecule has 2 saturated heterocycles. The monoisotopic (exact) mass is 1570 g/mol. The summed E-state index contributed by atoms with van der Waals surface area (Å²) in [5.74, 6) is -3.01. The van der Waals surface area contributed by atoms with Crippen LogP contribution in [-0.4, -0.2) is 161 Å². The first-order chi connectivity index (χ1) is 51.6. The van der Waals surface area contributed by atoms with Gasteiger partial charge in [0.25, 0.3) is 11.8 Å². The van der Waals surface area contributed by atoms with Crippen molar-refractivity contribution in [1.29, 1.82) is 0 Å². The van der Waals surface area contributed by atoms with Crippen molar-refractivity contribution in [1.82, 2.24) is 35.2 Å². The molecule has 27 heteroatoms. The Balaban J connectivity index is 0.000000200. The summed E-state index contributed by atoms with van der Waals surface area (Å²) in [6, 6.07) is 32.7. The number of hydrogen-bond donors (Lipinski definition) is 7. The molecule has 23 nitrogen and oxygen atoms in total. The Morgan fingerprint density at radius 1 is 0.523 bits per heavy atom. The van der Waals surface area contributed by atoms with Crippen molar-refractivity contribution >= 4 is 91.3 Å². The Bertz CT molecular complexity index is 4280. The number of benzene rings is 4. The van der Waals surface area contributed by atoms with Crippen molar-refractivity contribution < 1.29 is 69.8 Å². The maximum Gasteiger partial charge on any atom is 0.408 e. The van der Waals surface area contributed by atoms with Crippen molar-refractivity contribution in [2.24, 2.45) is 17.6 Å². The van der Waals surface area contributed by atoms with Gasteiger partial charge in [0.2, 0.25) is 37.8 Å². The van der Waals surface area contributed by atoms with Crippen LogP contribution in [0.15, 0.2) is 159 Å². The highest BCUT2D eigenvalue weighted by Crippen LogP contribution is 2.52. The molecule has 8 N–H and O–H groups in total. The largest absolute Gasteiger partial charge is 0.480 e. The van der Waals surface area contributed by atoms with Gasteiger partial charge in [-0.25, -0.2) is 31.2 Å². The first-order valence-electron chi connectivity index (χ1n) is 37.8. The number of alkyl carbamates (subject to hydrolysis) is 2. The van der Waals surface area contributed by atoms with Gasteiger partial charge in [0.05, 0.1) is 20.0 Å². The molecule has 109 heavy (non-hydrogen) atoms. The predicted octanol–water partition coefficient (Wildman–Crippen LogP) is 11.8. The lowest BCUT2D eigenvalue weighted by Gasteiger charge is -2.32. The van der Waals surface area contributed by atoms with E-state index in [1.807, 2.05) is 77.5 Å². The molecule has 0 radical (unpaired) electrons. The Kier molecular flexibility index (Phi) is 26.7. The molecule has 0 unspecified atom stereocenters. The summed E-state index contributed by atoms with van der Waals surface area (Å²) in [4.78, 5) is 110. The Hall–Kier alpha value is -8.24. The summed E-state index contributed by atoms with van der Waals surface area (Å²) in [6.45, 7) is 18.3. The Morgan fingerprint density at radius 2 is 0.927 bits per heavy atom. The van der Waals surface area contributed by atoms with E-state index in [9.17, 15) is 60.3 Å². The molecule has 4 aliphatic heterocycles. The SMILES string of the molecule is C=C[C@@H]1C[C@]1(N)C(=O)NS(=O)(=O)C1CC1.C=C[C@@H]1C[C@]1(NC(=O)[C@@H]1C[C@@]2(c3ccc(-c4ccccc4)cc3)CN1C(=O)[C@@H](NC(=O)OC(C)(C)C)CCCCC/C=C/CS2)C(=O)NS(=O)(=O)C1CC1.CC(C)(C)OC(=O)N[C@H]1CCCCC/C=C/CS[C@@]2(c3ccc(-c4ccccc4)cc3)C[C@@H](C(=O)O)N(C2)C1=O. The molecule has 0 spiro atoms. The van der Waals surface area contributed by atoms with E-state index < -0.39 is 134 Å². The number of thioether (sulfide) groups is 2. The Morgan fingerprint density at radius 3 is 1.31 bits per heavy atom. The molecule has 4 aromatic rings. The van der Waals surface area contributed by atoms with E-state index in [4.69, 9.17) is 15.2 Å². The lowest BCUT2D eigenvalue weighted by atomic mass is 9.93. The van der Waals surface area contributed by atoms with Gasteiger partial charge < -0.3 is 46.1 Å². The summed E-state index contributed by atoms with van der Waals surface area (Å²) in [5, 5.41) is 17.7. The van der Waals surface area contributed by atoms with Crippen LogP contribution >= 0.6 is 23.5 Å². The zero-order valence-corrected chi connectivity index (χ0v) is 66.5. The van der Waals surface area contributed by atoms with Crippen LogP contribution in [0.1, 0.15) is 168 Å². The van der Waals surface area contributed by atoms with Crippen LogP contribution in [0.3, 0.4) is 0 Å². The number of rotatable bonds is 17. The minimum Gasteiger partial charge on any atom is -0.480 e. The van der Waals surface area contributed by atoms with Gasteiger partial charge in [-0.2, -0.15) is 0 Å². The zero-order valence-electron chi connectivity index (χ0n) is 63.2. The number of carboxylic acids is 1. The molecule has 4 heterocycles. The van der Waals surface area contributed by atoms with E-state index in [1.165, 1.54) is 4.90 Å². The smallest absolute Gasteiger partial charge is 0.408 e. The van der Waals surface area contributed by atoms with Crippen molar-refractivity contribution in [3.05, 3.63) is 170 Å². The van der Waals surface area contributed by atoms with E-state index in [0.717, 1.165) is 78.3 Å². The van der Waals surface area contributed by atoms with Crippen molar-refractivity contribution in [3.8, 4) is 22.3 Å². The number of carboxylic acid groups (broad SMARTS) is 1. The molecule has 12 rings (SSSR count). The number of allylic oxidation sites excluding steroid dienone is 2. The van der Waals surface area contributed by atoms with Crippen LogP contribution in [0.25, 0.3) is 22.3 Å². The number of carbonyl (C=O) groups is 8. The highest BCUT2D eigenvalue weighted by Gasteiger charge is 2.63. The second-order valence-corrected chi connectivity index (χ2v) is 38.5. The first-order valence-corrected chi connectivity index (χ1v) is 42.9. The summed E-state index contributed by atoms with van der Waals surface area (Å²) < 4.78 is 62.4. The zero-order chi connectivity index (χ0) is 78.7. The molecular weight excluding hydrogens is 1470 g/mol. The Labute approximate surface area is 650 Å². The summed E-state index contributed by atoms with van der Waals surface area (Å²) >= 11 is 3.34. The van der Waals surface area contributed by atoms with Crippen molar-refractivity contribution in [2.45, 2.75) is 224 Å². The number of amides is 7. The topological polar surface area (TPSA) is 336 Å². The van der Waals surface area contributed by atoms with Gasteiger partial charge in [0.15, 0.2) is 0 Å². The number of aliphatic carboxylic acids is 1. The second kappa shape index (κ2) is 35.0. The fourth-order valence-electron chi connectivity index (χ4n) is 14.4. The number of fused-ring (bicyclic) bond motifs is 4. The van der Waals surface area contributed by atoms with Gasteiger partial charge in [-0.05, 0) is 165 Å². The average molecular weight is 1570 g/mol. The van der Waals surface area contributed by atoms with Crippen LogP contribution in [0.2, 0.25) is 0 Å². The highest BCUT2D eigenvalue weighted by molar-refractivity contribution is 8.00. The van der Waals surface area contributed by atoms with E-state index in [1.54, 1.807) is 82.1 Å². The summed E-state index contributed by atoms with van der Waals surface area (Å²) in [6.07, 6.45) is 21.5. The molecular formula is C82H106N8O15S4. The van der Waals surface area contributed by atoms with Gasteiger partial charge in [-0.15, -0.1) is 36.7 Å². The van der Waals surface area contributed by atoms with Crippen molar-refractivity contribution in [3.63, 3.8) is 0 Å². The van der Waals surface area contributed by atoms with Crippen LogP contribution < -0.4 is 31.1 Å². The quantitative estimate of drug-likeness (QED) is 0.0483. The lowest BCUT2D eigenvalue weighted by Crippen LogP contribution is -2.58. The number of nitrogens with zero attached hydrogens (tertiary/aromatic N) is 2. The number of carbonyl (C=O) groups excluding carboxylic acids is 7. The van der Waals surface area contributed by atoms with E-state index >= 15 is 0 Å². The third-order valence-electron chi connectivity index (χ3n) is 21.0. The number of nitrogens with one attached hydrogen (secondary N) is 5. The second-order valence-electron chi connectivity index (χ2n) is 31.8. The van der Waals surface area contributed by atoms with Gasteiger partial charge in [-0.3, -0.25) is 33.4 Å². The van der Waals surface area contributed by atoms with Gasteiger partial charge in [0, 0.05) is 36.4 Å². The first kappa shape index (κ1) is 83.2. The van der Waals surface area contributed by atoms with E-state index in [0.29, 0.717) is 62.9 Å². The van der Waals surface area contributed by atoms with E-state index in [-0.39, 0.29) is 44.2 Å². The lowest BCUT2D eigenvalue weighted by molar-refractivity contribution is -0.149. The fraction of sp³-hybridized carbons (Fsp3) is 0.512.